The summed E-state index contributed by atoms with van der Waals surface area (Å²) in [7, 11) is 0. The monoisotopic (exact) mass is 405 g/mol. The van der Waals surface area contributed by atoms with Crippen molar-refractivity contribution in [2.75, 3.05) is 11.9 Å². The van der Waals surface area contributed by atoms with E-state index >= 15 is 0 Å². The molecule has 8 heteroatoms. The van der Waals surface area contributed by atoms with E-state index in [-0.39, 0.29) is 24.0 Å². The lowest BCUT2D eigenvalue weighted by Crippen LogP contribution is -2.38. The molecule has 2 aromatic carbocycles. The average molecular weight is 405 g/mol. The van der Waals surface area contributed by atoms with Crippen LogP contribution in [0.5, 0.6) is 0 Å². The lowest BCUT2D eigenvalue weighted by molar-refractivity contribution is -0.120. The predicted octanol–water partition coefficient (Wildman–Crippen LogP) is 2.88. The maximum absolute atomic E-state index is 12.9. The summed E-state index contributed by atoms with van der Waals surface area (Å²) in [6.07, 6.45) is 4.41. The Morgan fingerprint density at radius 2 is 1.90 bits per heavy atom. The second-order valence-corrected chi connectivity index (χ2v) is 7.24. The molecule has 2 atom stereocenters. The van der Waals surface area contributed by atoms with Gasteiger partial charge in [-0.2, -0.15) is 0 Å². The zero-order chi connectivity index (χ0) is 20.9. The number of amides is 2. The molecule has 154 valence electrons. The molecule has 1 saturated heterocycles. The van der Waals surface area contributed by atoms with Crippen molar-refractivity contribution in [3.05, 3.63) is 72.3 Å². The minimum Gasteiger partial charge on any atom is -0.373 e. The lowest BCUT2D eigenvalue weighted by atomic mass is 9.96. The molecular weight excluding hydrogens is 382 g/mol. The summed E-state index contributed by atoms with van der Waals surface area (Å²) >= 11 is 0. The van der Waals surface area contributed by atoms with Crippen molar-refractivity contribution >= 4 is 17.5 Å². The smallest absolute Gasteiger partial charge is 0.255 e. The summed E-state index contributed by atoms with van der Waals surface area (Å²) in [4.78, 5) is 24.3. The second kappa shape index (κ2) is 8.87. The van der Waals surface area contributed by atoms with Crippen molar-refractivity contribution in [1.82, 2.24) is 20.1 Å². The first-order valence-electron chi connectivity index (χ1n) is 9.84. The number of aromatic nitrogens is 3. The SMILES string of the molecule is CC(=O)N[C@@H]1CCO[C@H](c2ccccc2NC(=O)c2cccc(-n3cnnc3)c2)C1. The summed E-state index contributed by atoms with van der Waals surface area (Å²) < 4.78 is 7.69. The molecule has 0 unspecified atom stereocenters. The van der Waals surface area contributed by atoms with Gasteiger partial charge in [0.05, 0.1) is 6.10 Å². The fourth-order valence-electron chi connectivity index (χ4n) is 3.66. The van der Waals surface area contributed by atoms with Gasteiger partial charge in [0.2, 0.25) is 5.91 Å². The molecule has 2 N–H and O–H groups in total. The van der Waals surface area contributed by atoms with Gasteiger partial charge in [-0.25, -0.2) is 0 Å². The lowest BCUT2D eigenvalue weighted by Gasteiger charge is -2.31. The third kappa shape index (κ3) is 4.55. The molecule has 1 aliphatic rings. The molecule has 1 aromatic heterocycles. The van der Waals surface area contributed by atoms with Crippen LogP contribution < -0.4 is 10.6 Å². The third-order valence-corrected chi connectivity index (χ3v) is 5.07. The van der Waals surface area contributed by atoms with Gasteiger partial charge in [-0.1, -0.05) is 24.3 Å². The molecule has 30 heavy (non-hydrogen) atoms. The molecule has 0 saturated carbocycles. The van der Waals surface area contributed by atoms with Crippen molar-refractivity contribution < 1.29 is 14.3 Å². The van der Waals surface area contributed by atoms with Crippen LogP contribution in [0.3, 0.4) is 0 Å². The number of para-hydroxylation sites is 1. The first kappa shape index (κ1) is 19.8. The highest BCUT2D eigenvalue weighted by molar-refractivity contribution is 6.05. The standard InChI is InChI=1S/C22H23N5O3/c1-15(28)25-17-9-10-30-21(12-17)19-7-2-3-8-20(19)26-22(29)16-5-4-6-18(11-16)27-13-23-24-14-27/h2-8,11,13-14,17,21H,9-10,12H2,1H3,(H,25,28)(H,26,29)/t17-,21+/m1/s1. The van der Waals surface area contributed by atoms with Crippen LogP contribution in [0.4, 0.5) is 5.69 Å². The van der Waals surface area contributed by atoms with Crippen LogP contribution in [0.15, 0.2) is 61.2 Å². The van der Waals surface area contributed by atoms with Crippen molar-refractivity contribution in [2.45, 2.75) is 31.9 Å². The molecule has 1 aliphatic heterocycles. The highest BCUT2D eigenvalue weighted by atomic mass is 16.5. The number of nitrogens with one attached hydrogen (secondary N) is 2. The van der Waals surface area contributed by atoms with Gasteiger partial charge >= 0.3 is 0 Å². The number of benzene rings is 2. The van der Waals surface area contributed by atoms with Crippen LogP contribution in [-0.4, -0.2) is 39.2 Å². The van der Waals surface area contributed by atoms with Gasteiger partial charge in [0, 0.05) is 42.1 Å². The van der Waals surface area contributed by atoms with Gasteiger partial charge in [-0.3, -0.25) is 14.2 Å². The first-order chi connectivity index (χ1) is 14.6. The van der Waals surface area contributed by atoms with E-state index in [9.17, 15) is 9.59 Å². The van der Waals surface area contributed by atoms with Crippen LogP contribution >= 0.6 is 0 Å². The van der Waals surface area contributed by atoms with E-state index in [0.29, 0.717) is 24.3 Å². The zero-order valence-corrected chi connectivity index (χ0v) is 16.6. The van der Waals surface area contributed by atoms with Gasteiger partial charge in [-0.15, -0.1) is 10.2 Å². The second-order valence-electron chi connectivity index (χ2n) is 7.24. The number of hydrogen-bond acceptors (Lipinski definition) is 5. The molecule has 1 fully saturated rings. The molecule has 0 aliphatic carbocycles. The summed E-state index contributed by atoms with van der Waals surface area (Å²) in [6.45, 7) is 2.07. The number of carbonyl (C=O) groups is 2. The van der Waals surface area contributed by atoms with E-state index in [0.717, 1.165) is 17.7 Å². The Balaban J connectivity index is 1.52. The first-order valence-corrected chi connectivity index (χ1v) is 9.84. The Morgan fingerprint density at radius 3 is 2.70 bits per heavy atom. The zero-order valence-electron chi connectivity index (χ0n) is 16.6. The molecule has 2 amide bonds. The van der Waals surface area contributed by atoms with Crippen LogP contribution in [-0.2, 0) is 9.53 Å². The Bertz CT molecular complexity index is 1030. The number of anilines is 1. The quantitative estimate of drug-likeness (QED) is 0.680. The maximum Gasteiger partial charge on any atom is 0.255 e. The topological polar surface area (TPSA) is 98.1 Å². The van der Waals surface area contributed by atoms with Gasteiger partial charge in [0.1, 0.15) is 12.7 Å². The number of nitrogens with zero attached hydrogens (tertiary/aromatic N) is 3. The van der Waals surface area contributed by atoms with Crippen molar-refractivity contribution in [2.24, 2.45) is 0 Å². The molecule has 0 bridgehead atoms. The minimum absolute atomic E-state index is 0.0461. The Kier molecular flexibility index (Phi) is 5.85. The number of carbonyl (C=O) groups excluding carboxylic acids is 2. The molecule has 0 spiro atoms. The third-order valence-electron chi connectivity index (χ3n) is 5.07. The molecule has 8 nitrogen and oxygen atoms in total. The Morgan fingerprint density at radius 1 is 1.10 bits per heavy atom. The van der Waals surface area contributed by atoms with Gasteiger partial charge in [0.25, 0.3) is 5.91 Å². The highest BCUT2D eigenvalue weighted by Gasteiger charge is 2.26. The largest absolute Gasteiger partial charge is 0.373 e. The summed E-state index contributed by atoms with van der Waals surface area (Å²) in [5, 5.41) is 13.6. The van der Waals surface area contributed by atoms with Crippen molar-refractivity contribution in [1.29, 1.82) is 0 Å². The van der Waals surface area contributed by atoms with Crippen molar-refractivity contribution in [3.63, 3.8) is 0 Å². The molecule has 3 aromatic rings. The number of rotatable bonds is 5. The van der Waals surface area contributed by atoms with E-state index in [1.807, 2.05) is 36.4 Å². The molecule has 0 radical (unpaired) electrons. The van der Waals surface area contributed by atoms with Crippen LogP contribution in [0, 0.1) is 0 Å². The van der Waals surface area contributed by atoms with E-state index in [2.05, 4.69) is 20.8 Å². The van der Waals surface area contributed by atoms with E-state index < -0.39 is 0 Å². The summed E-state index contributed by atoms with van der Waals surface area (Å²) in [5.41, 5.74) is 2.92. The summed E-state index contributed by atoms with van der Waals surface area (Å²) in [6, 6.07) is 14.9. The van der Waals surface area contributed by atoms with E-state index in [1.54, 1.807) is 29.4 Å². The normalized spacial score (nSPS) is 18.6. The minimum atomic E-state index is -0.216. The average Bonchev–Trinajstić information content (AvgIpc) is 3.29. The highest BCUT2D eigenvalue weighted by Crippen LogP contribution is 2.33. The number of ether oxygens (including phenoxy) is 1. The fourth-order valence-corrected chi connectivity index (χ4v) is 3.66. The fraction of sp³-hybridized carbons (Fsp3) is 0.273. The Hall–Kier alpha value is -3.52. The molecule has 4 rings (SSSR count). The van der Waals surface area contributed by atoms with E-state index in [1.165, 1.54) is 6.92 Å². The van der Waals surface area contributed by atoms with Gasteiger partial charge in [0.15, 0.2) is 0 Å². The van der Waals surface area contributed by atoms with E-state index in [4.69, 9.17) is 4.74 Å². The molecular formula is C22H23N5O3. The molecule has 2 heterocycles. The van der Waals surface area contributed by atoms with Crippen LogP contribution in [0.2, 0.25) is 0 Å². The predicted molar refractivity (Wildman–Crippen MR) is 111 cm³/mol. The van der Waals surface area contributed by atoms with Crippen LogP contribution in [0.25, 0.3) is 5.69 Å². The van der Waals surface area contributed by atoms with Crippen molar-refractivity contribution in [3.8, 4) is 5.69 Å². The maximum atomic E-state index is 12.9. The number of hydrogen-bond donors (Lipinski definition) is 2. The summed E-state index contributed by atoms with van der Waals surface area (Å²) in [5.74, 6) is -0.262. The Labute approximate surface area is 174 Å². The van der Waals surface area contributed by atoms with Crippen LogP contribution in [0.1, 0.15) is 41.8 Å². The van der Waals surface area contributed by atoms with Gasteiger partial charge in [-0.05, 0) is 37.1 Å². The van der Waals surface area contributed by atoms with Gasteiger partial charge < -0.3 is 15.4 Å².